The van der Waals surface area contributed by atoms with Gasteiger partial charge in [0, 0.05) is 25.2 Å². The van der Waals surface area contributed by atoms with Gasteiger partial charge in [-0.3, -0.25) is 4.79 Å². The fraction of sp³-hybridized carbons (Fsp3) is 0.267. The normalized spacial score (nSPS) is 10.4. The maximum absolute atomic E-state index is 11.0. The zero-order valence-corrected chi connectivity index (χ0v) is 11.6. The standard InChI is InChI=1S/C15H16ClNO2/c1-2-15(18)19-10-7-12-5-6-14(13(16)11-12)17-8-3-4-9-17/h3-6,8-9,11H,2,7,10H2,1H3. The predicted octanol–water partition coefficient (Wildman–Crippen LogP) is 3.63. The second-order valence-electron chi connectivity index (χ2n) is 4.20. The molecule has 1 aromatic heterocycles. The first-order valence-corrected chi connectivity index (χ1v) is 6.66. The zero-order valence-electron chi connectivity index (χ0n) is 10.8. The molecule has 0 saturated heterocycles. The molecule has 2 aromatic rings. The Labute approximate surface area is 117 Å². The van der Waals surface area contributed by atoms with E-state index in [1.165, 1.54) is 0 Å². The predicted molar refractivity (Wildman–Crippen MR) is 75.7 cm³/mol. The average Bonchev–Trinajstić information content (AvgIpc) is 2.92. The highest BCUT2D eigenvalue weighted by atomic mass is 35.5. The molecule has 0 unspecified atom stereocenters. The molecule has 0 spiro atoms. The summed E-state index contributed by atoms with van der Waals surface area (Å²) in [5, 5.41) is 0.690. The summed E-state index contributed by atoms with van der Waals surface area (Å²) in [5.74, 6) is -0.171. The van der Waals surface area contributed by atoms with Gasteiger partial charge in [-0.2, -0.15) is 0 Å². The summed E-state index contributed by atoms with van der Waals surface area (Å²) in [7, 11) is 0. The Bertz CT molecular complexity index is 549. The second kappa shape index (κ2) is 6.43. The molecule has 1 aromatic carbocycles. The molecule has 0 bridgehead atoms. The van der Waals surface area contributed by atoms with Gasteiger partial charge in [0.15, 0.2) is 0 Å². The summed E-state index contributed by atoms with van der Waals surface area (Å²) in [4.78, 5) is 11.0. The summed E-state index contributed by atoms with van der Waals surface area (Å²) in [5.41, 5.74) is 2.01. The fourth-order valence-electron chi connectivity index (χ4n) is 1.80. The van der Waals surface area contributed by atoms with E-state index >= 15 is 0 Å². The van der Waals surface area contributed by atoms with E-state index in [0.717, 1.165) is 11.3 Å². The third kappa shape index (κ3) is 3.61. The van der Waals surface area contributed by atoms with E-state index < -0.39 is 0 Å². The summed E-state index contributed by atoms with van der Waals surface area (Å²) in [6.45, 7) is 2.18. The van der Waals surface area contributed by atoms with E-state index in [1.807, 2.05) is 47.3 Å². The minimum atomic E-state index is -0.171. The highest BCUT2D eigenvalue weighted by Crippen LogP contribution is 2.22. The molecule has 2 rings (SSSR count). The van der Waals surface area contributed by atoms with Gasteiger partial charge < -0.3 is 9.30 Å². The van der Waals surface area contributed by atoms with Crippen LogP contribution in [0, 0.1) is 0 Å². The summed E-state index contributed by atoms with van der Waals surface area (Å²) in [6, 6.07) is 9.79. The monoisotopic (exact) mass is 277 g/mol. The Morgan fingerprint density at radius 3 is 2.68 bits per heavy atom. The number of aromatic nitrogens is 1. The maximum atomic E-state index is 11.0. The molecule has 0 aliphatic carbocycles. The largest absolute Gasteiger partial charge is 0.465 e. The van der Waals surface area contributed by atoms with Crippen LogP contribution < -0.4 is 0 Å². The van der Waals surface area contributed by atoms with E-state index in [1.54, 1.807) is 6.92 Å². The van der Waals surface area contributed by atoms with Crippen molar-refractivity contribution < 1.29 is 9.53 Å². The summed E-state index contributed by atoms with van der Waals surface area (Å²) >= 11 is 6.26. The van der Waals surface area contributed by atoms with Crippen LogP contribution in [0.2, 0.25) is 5.02 Å². The topological polar surface area (TPSA) is 31.2 Å². The quantitative estimate of drug-likeness (QED) is 0.782. The lowest BCUT2D eigenvalue weighted by atomic mass is 10.1. The van der Waals surface area contributed by atoms with Crippen LogP contribution in [0.5, 0.6) is 0 Å². The first-order chi connectivity index (χ1) is 9.20. The van der Waals surface area contributed by atoms with Crippen LogP contribution in [0.4, 0.5) is 0 Å². The smallest absolute Gasteiger partial charge is 0.305 e. The number of carbonyl (C=O) groups excluding carboxylic acids is 1. The number of halogens is 1. The summed E-state index contributed by atoms with van der Waals surface area (Å²) < 4.78 is 7.01. The molecule has 0 saturated carbocycles. The molecule has 0 amide bonds. The first kappa shape index (κ1) is 13.7. The first-order valence-electron chi connectivity index (χ1n) is 6.28. The van der Waals surface area contributed by atoms with Gasteiger partial charge in [-0.25, -0.2) is 0 Å². The summed E-state index contributed by atoms with van der Waals surface area (Å²) in [6.07, 6.45) is 4.98. The van der Waals surface area contributed by atoms with Crippen LogP contribution in [0.15, 0.2) is 42.7 Å². The van der Waals surface area contributed by atoms with E-state index in [4.69, 9.17) is 16.3 Å². The van der Waals surface area contributed by atoms with Gasteiger partial charge in [-0.05, 0) is 29.8 Å². The molecule has 19 heavy (non-hydrogen) atoms. The van der Waals surface area contributed by atoms with Crippen LogP contribution >= 0.6 is 11.6 Å². The average molecular weight is 278 g/mol. The number of rotatable bonds is 5. The maximum Gasteiger partial charge on any atom is 0.305 e. The number of esters is 1. The number of hydrogen-bond acceptors (Lipinski definition) is 2. The molecule has 0 fully saturated rings. The molecular formula is C15H16ClNO2. The Balaban J connectivity index is 2.01. The highest BCUT2D eigenvalue weighted by molar-refractivity contribution is 6.32. The Morgan fingerprint density at radius 1 is 1.32 bits per heavy atom. The van der Waals surface area contributed by atoms with E-state index in [-0.39, 0.29) is 5.97 Å². The Kier molecular flexibility index (Phi) is 4.63. The van der Waals surface area contributed by atoms with Crippen molar-refractivity contribution in [1.29, 1.82) is 0 Å². The van der Waals surface area contributed by atoms with Gasteiger partial charge in [0.1, 0.15) is 0 Å². The van der Waals surface area contributed by atoms with Crippen molar-refractivity contribution in [3.05, 3.63) is 53.3 Å². The number of ether oxygens (including phenoxy) is 1. The SMILES string of the molecule is CCC(=O)OCCc1ccc(-n2cccc2)c(Cl)c1. The number of nitrogens with zero attached hydrogens (tertiary/aromatic N) is 1. The highest BCUT2D eigenvalue weighted by Gasteiger charge is 2.04. The third-order valence-electron chi connectivity index (χ3n) is 2.84. The van der Waals surface area contributed by atoms with Crippen LogP contribution in [0.1, 0.15) is 18.9 Å². The molecule has 100 valence electrons. The minimum absolute atomic E-state index is 0.171. The number of hydrogen-bond donors (Lipinski definition) is 0. The van der Waals surface area contributed by atoms with Crippen molar-refractivity contribution in [3.8, 4) is 5.69 Å². The lowest BCUT2D eigenvalue weighted by Gasteiger charge is -2.08. The lowest BCUT2D eigenvalue weighted by molar-refractivity contribution is -0.143. The molecule has 1 heterocycles. The van der Waals surface area contributed by atoms with Crippen LogP contribution in [0.3, 0.4) is 0 Å². The second-order valence-corrected chi connectivity index (χ2v) is 4.61. The van der Waals surface area contributed by atoms with Crippen LogP contribution in [-0.2, 0) is 16.0 Å². The minimum Gasteiger partial charge on any atom is -0.465 e. The van der Waals surface area contributed by atoms with Crippen LogP contribution in [0.25, 0.3) is 5.69 Å². The van der Waals surface area contributed by atoms with Crippen molar-refractivity contribution in [3.63, 3.8) is 0 Å². The van der Waals surface area contributed by atoms with Crippen molar-refractivity contribution in [2.24, 2.45) is 0 Å². The van der Waals surface area contributed by atoms with Gasteiger partial charge in [-0.1, -0.05) is 24.6 Å². The molecule has 0 radical (unpaired) electrons. The molecule has 3 nitrogen and oxygen atoms in total. The molecule has 4 heteroatoms. The zero-order chi connectivity index (χ0) is 13.7. The van der Waals surface area contributed by atoms with E-state index in [0.29, 0.717) is 24.5 Å². The molecule has 0 N–H and O–H groups in total. The number of benzene rings is 1. The molecule has 0 atom stereocenters. The Morgan fingerprint density at radius 2 is 2.05 bits per heavy atom. The van der Waals surface area contributed by atoms with Gasteiger partial charge >= 0.3 is 5.97 Å². The number of carbonyl (C=O) groups is 1. The fourth-order valence-corrected chi connectivity index (χ4v) is 2.10. The van der Waals surface area contributed by atoms with Gasteiger partial charge in [-0.15, -0.1) is 0 Å². The van der Waals surface area contributed by atoms with Crippen molar-refractivity contribution in [2.75, 3.05) is 6.61 Å². The molecular weight excluding hydrogens is 262 g/mol. The third-order valence-corrected chi connectivity index (χ3v) is 3.14. The Hall–Kier alpha value is -1.74. The lowest BCUT2D eigenvalue weighted by Crippen LogP contribution is -2.06. The van der Waals surface area contributed by atoms with Crippen molar-refractivity contribution >= 4 is 17.6 Å². The molecule has 0 aliphatic heterocycles. The van der Waals surface area contributed by atoms with E-state index in [2.05, 4.69) is 0 Å². The van der Waals surface area contributed by atoms with Gasteiger partial charge in [0.2, 0.25) is 0 Å². The molecule has 0 aliphatic rings. The van der Waals surface area contributed by atoms with Crippen molar-refractivity contribution in [1.82, 2.24) is 4.57 Å². The van der Waals surface area contributed by atoms with E-state index in [9.17, 15) is 4.79 Å². The van der Waals surface area contributed by atoms with Gasteiger partial charge in [0.05, 0.1) is 17.3 Å². The van der Waals surface area contributed by atoms with Crippen LogP contribution in [-0.4, -0.2) is 17.1 Å². The van der Waals surface area contributed by atoms with Crippen molar-refractivity contribution in [2.45, 2.75) is 19.8 Å². The van der Waals surface area contributed by atoms with Gasteiger partial charge in [0.25, 0.3) is 0 Å².